The van der Waals surface area contributed by atoms with Crippen molar-refractivity contribution in [3.63, 3.8) is 0 Å². The third-order valence-corrected chi connectivity index (χ3v) is 2.97. The summed E-state index contributed by atoms with van der Waals surface area (Å²) >= 11 is 0. The summed E-state index contributed by atoms with van der Waals surface area (Å²) in [5.41, 5.74) is 0. The van der Waals surface area contributed by atoms with E-state index in [9.17, 15) is 4.79 Å². The van der Waals surface area contributed by atoms with Gasteiger partial charge in [-0.3, -0.25) is 0 Å². The van der Waals surface area contributed by atoms with E-state index >= 15 is 0 Å². The number of hydrogen-bond acceptors (Lipinski definition) is 3. The second-order valence-electron chi connectivity index (χ2n) is 4.41. The van der Waals surface area contributed by atoms with Crippen molar-refractivity contribution >= 4 is 6.03 Å². The number of methoxy groups -OCH3 is 2. The van der Waals surface area contributed by atoms with E-state index in [1.165, 1.54) is 0 Å². The van der Waals surface area contributed by atoms with E-state index in [1.807, 2.05) is 13.8 Å². The number of nitrogens with one attached hydrogen (secondary N) is 1. The van der Waals surface area contributed by atoms with Gasteiger partial charge in [0.15, 0.2) is 5.79 Å². The second kappa shape index (κ2) is 5.50. The maximum atomic E-state index is 11.7. The molecule has 16 heavy (non-hydrogen) atoms. The Morgan fingerprint density at radius 3 is 2.12 bits per heavy atom. The van der Waals surface area contributed by atoms with Crippen LogP contribution in [0.25, 0.3) is 0 Å². The summed E-state index contributed by atoms with van der Waals surface area (Å²) in [5.74, 6) is -0.505. The molecule has 1 heterocycles. The number of nitrogens with zero attached hydrogens (tertiary/aromatic N) is 1. The van der Waals surface area contributed by atoms with E-state index in [4.69, 9.17) is 9.47 Å². The Morgan fingerprint density at radius 2 is 1.75 bits per heavy atom. The number of carbonyl (C=O) groups excluding carboxylic acids is 1. The quantitative estimate of drug-likeness (QED) is 0.741. The highest BCUT2D eigenvalue weighted by Gasteiger charge is 2.35. The SMILES string of the molecule is COC1(OC)CCN(C(=O)NC(C)C)CC1. The highest BCUT2D eigenvalue weighted by Crippen LogP contribution is 2.26. The largest absolute Gasteiger partial charge is 0.353 e. The Balaban J connectivity index is 2.45. The summed E-state index contributed by atoms with van der Waals surface area (Å²) in [4.78, 5) is 13.5. The van der Waals surface area contributed by atoms with Gasteiger partial charge in [-0.25, -0.2) is 4.79 Å². The highest BCUT2D eigenvalue weighted by atomic mass is 16.7. The Labute approximate surface area is 97.1 Å². The zero-order valence-electron chi connectivity index (χ0n) is 10.6. The summed E-state index contributed by atoms with van der Waals surface area (Å²) in [6.07, 6.45) is 1.43. The van der Waals surface area contributed by atoms with Crippen molar-refractivity contribution in [3.8, 4) is 0 Å². The average molecular weight is 230 g/mol. The monoisotopic (exact) mass is 230 g/mol. The molecule has 1 rings (SSSR count). The van der Waals surface area contributed by atoms with Crippen molar-refractivity contribution in [3.05, 3.63) is 0 Å². The molecule has 0 radical (unpaired) electrons. The number of likely N-dealkylation sites (tertiary alicyclic amines) is 1. The summed E-state index contributed by atoms with van der Waals surface area (Å²) in [5, 5.41) is 2.88. The molecular formula is C11H22N2O3. The van der Waals surface area contributed by atoms with Crippen molar-refractivity contribution in [1.82, 2.24) is 10.2 Å². The number of carbonyl (C=O) groups is 1. The van der Waals surface area contributed by atoms with Gasteiger partial charge in [0.1, 0.15) is 0 Å². The van der Waals surface area contributed by atoms with E-state index in [1.54, 1.807) is 19.1 Å². The molecule has 94 valence electrons. The molecule has 1 fully saturated rings. The summed E-state index contributed by atoms with van der Waals surface area (Å²) < 4.78 is 10.7. The lowest BCUT2D eigenvalue weighted by atomic mass is 10.0. The van der Waals surface area contributed by atoms with E-state index in [0.29, 0.717) is 25.9 Å². The topological polar surface area (TPSA) is 50.8 Å². The minimum absolute atomic E-state index is 0.00388. The zero-order valence-corrected chi connectivity index (χ0v) is 10.6. The summed E-state index contributed by atoms with van der Waals surface area (Å²) in [6, 6.07) is 0.167. The van der Waals surface area contributed by atoms with Gasteiger partial charge in [0.25, 0.3) is 0 Å². The molecule has 2 amide bonds. The molecule has 0 atom stereocenters. The van der Waals surface area contributed by atoms with Gasteiger partial charge < -0.3 is 19.7 Å². The first kappa shape index (κ1) is 13.3. The number of ether oxygens (including phenoxy) is 2. The maximum absolute atomic E-state index is 11.7. The predicted octanol–water partition coefficient (Wildman–Crippen LogP) is 1.19. The molecule has 0 aromatic heterocycles. The summed E-state index contributed by atoms with van der Waals surface area (Å²) in [6.45, 7) is 5.24. The Morgan fingerprint density at radius 1 is 1.25 bits per heavy atom. The Kier molecular flexibility index (Phi) is 4.56. The van der Waals surface area contributed by atoms with Crippen molar-refractivity contribution in [2.45, 2.75) is 38.5 Å². The lowest BCUT2D eigenvalue weighted by Gasteiger charge is -2.39. The second-order valence-corrected chi connectivity index (χ2v) is 4.41. The van der Waals surface area contributed by atoms with Crippen molar-refractivity contribution in [2.24, 2.45) is 0 Å². The van der Waals surface area contributed by atoms with Gasteiger partial charge in [0, 0.05) is 46.2 Å². The molecule has 5 heteroatoms. The van der Waals surface area contributed by atoms with Crippen LogP contribution in [-0.4, -0.2) is 50.1 Å². The average Bonchev–Trinajstić information content (AvgIpc) is 2.28. The van der Waals surface area contributed by atoms with Crippen LogP contribution in [0.5, 0.6) is 0 Å². The number of amides is 2. The van der Waals surface area contributed by atoms with Crippen LogP contribution in [0, 0.1) is 0 Å². The first-order valence-corrected chi connectivity index (χ1v) is 5.69. The van der Waals surface area contributed by atoms with Gasteiger partial charge in [0.2, 0.25) is 0 Å². The van der Waals surface area contributed by atoms with Gasteiger partial charge in [-0.1, -0.05) is 0 Å². The van der Waals surface area contributed by atoms with Crippen molar-refractivity contribution in [1.29, 1.82) is 0 Å². The van der Waals surface area contributed by atoms with Gasteiger partial charge >= 0.3 is 6.03 Å². The van der Waals surface area contributed by atoms with Crippen LogP contribution in [-0.2, 0) is 9.47 Å². The van der Waals surface area contributed by atoms with E-state index in [2.05, 4.69) is 5.32 Å². The lowest BCUT2D eigenvalue weighted by Crippen LogP contribution is -2.52. The lowest BCUT2D eigenvalue weighted by molar-refractivity contribution is -0.226. The molecule has 0 saturated carbocycles. The molecule has 0 aromatic carbocycles. The van der Waals surface area contributed by atoms with E-state index in [0.717, 1.165) is 0 Å². The molecule has 1 saturated heterocycles. The van der Waals surface area contributed by atoms with Gasteiger partial charge in [-0.15, -0.1) is 0 Å². The van der Waals surface area contributed by atoms with E-state index in [-0.39, 0.29) is 12.1 Å². The van der Waals surface area contributed by atoms with Crippen LogP contribution < -0.4 is 5.32 Å². The van der Waals surface area contributed by atoms with Crippen LogP contribution in [0.3, 0.4) is 0 Å². The van der Waals surface area contributed by atoms with Crippen LogP contribution >= 0.6 is 0 Å². The maximum Gasteiger partial charge on any atom is 0.317 e. The summed E-state index contributed by atoms with van der Waals surface area (Å²) in [7, 11) is 3.29. The molecule has 1 aliphatic heterocycles. The number of rotatable bonds is 3. The fourth-order valence-electron chi connectivity index (χ4n) is 1.88. The molecule has 5 nitrogen and oxygen atoms in total. The van der Waals surface area contributed by atoms with Crippen molar-refractivity contribution < 1.29 is 14.3 Å². The Bertz CT molecular complexity index is 229. The highest BCUT2D eigenvalue weighted by molar-refractivity contribution is 5.74. The fourth-order valence-corrected chi connectivity index (χ4v) is 1.88. The minimum atomic E-state index is -0.505. The molecule has 1 N–H and O–H groups in total. The minimum Gasteiger partial charge on any atom is -0.353 e. The number of urea groups is 1. The Hall–Kier alpha value is -0.810. The molecule has 0 unspecified atom stereocenters. The molecule has 0 bridgehead atoms. The van der Waals surface area contributed by atoms with E-state index < -0.39 is 5.79 Å². The molecule has 0 spiro atoms. The van der Waals surface area contributed by atoms with Crippen LogP contribution in [0.2, 0.25) is 0 Å². The van der Waals surface area contributed by atoms with Gasteiger partial charge in [-0.2, -0.15) is 0 Å². The first-order valence-electron chi connectivity index (χ1n) is 5.69. The molecule has 0 aromatic rings. The third-order valence-electron chi connectivity index (χ3n) is 2.97. The van der Waals surface area contributed by atoms with Crippen LogP contribution in [0.4, 0.5) is 4.79 Å². The normalized spacial score (nSPS) is 19.9. The van der Waals surface area contributed by atoms with Crippen LogP contribution in [0.15, 0.2) is 0 Å². The molecule has 1 aliphatic rings. The van der Waals surface area contributed by atoms with Crippen LogP contribution in [0.1, 0.15) is 26.7 Å². The van der Waals surface area contributed by atoms with Crippen molar-refractivity contribution in [2.75, 3.05) is 27.3 Å². The number of piperidine rings is 1. The fraction of sp³-hybridized carbons (Fsp3) is 0.909. The van der Waals surface area contributed by atoms with Gasteiger partial charge in [-0.05, 0) is 13.8 Å². The zero-order chi connectivity index (χ0) is 12.2. The molecular weight excluding hydrogens is 208 g/mol. The standard InChI is InChI=1S/C11H22N2O3/c1-9(2)12-10(14)13-7-5-11(15-3,16-4)6-8-13/h9H,5-8H2,1-4H3,(H,12,14). The predicted molar refractivity (Wildman–Crippen MR) is 61.2 cm³/mol. The molecule has 0 aliphatic carbocycles. The third kappa shape index (κ3) is 3.09. The number of hydrogen-bond donors (Lipinski definition) is 1. The smallest absolute Gasteiger partial charge is 0.317 e. The van der Waals surface area contributed by atoms with Gasteiger partial charge in [0.05, 0.1) is 0 Å². The first-order chi connectivity index (χ1) is 7.53.